The predicted molar refractivity (Wildman–Crippen MR) is 56.4 cm³/mol. The summed E-state index contributed by atoms with van der Waals surface area (Å²) in [6.45, 7) is 0.652. The van der Waals surface area contributed by atoms with Crippen LogP contribution in [0.3, 0.4) is 0 Å². The van der Waals surface area contributed by atoms with Gasteiger partial charge in [0, 0.05) is 13.6 Å². The van der Waals surface area contributed by atoms with Crippen LogP contribution in [0.2, 0.25) is 0 Å². The topological polar surface area (TPSA) is 58.2 Å². The maximum Gasteiger partial charge on any atom is 0.166 e. The van der Waals surface area contributed by atoms with Crippen molar-refractivity contribution in [2.45, 2.75) is 6.42 Å². The zero-order valence-corrected chi connectivity index (χ0v) is 9.17. The van der Waals surface area contributed by atoms with E-state index in [1.54, 1.807) is 7.05 Å². The predicted octanol–water partition coefficient (Wildman–Crippen LogP) is -0.485. The Balaban J connectivity index is 2.29. The van der Waals surface area contributed by atoms with Crippen molar-refractivity contribution < 1.29 is 8.42 Å². The van der Waals surface area contributed by atoms with Gasteiger partial charge >= 0.3 is 0 Å². The quantitative estimate of drug-likeness (QED) is 0.618. The maximum absolute atomic E-state index is 11.1. The molecular weight excluding hydrogens is 208 g/mol. The van der Waals surface area contributed by atoms with Crippen molar-refractivity contribution in [1.29, 1.82) is 0 Å². The largest absolute Gasteiger partial charge is 0.366 e. The SMILES string of the molecule is CNC(=S)NC[C@@H]1CCS(=O)(=O)C1. The van der Waals surface area contributed by atoms with Crippen molar-refractivity contribution in [2.24, 2.45) is 5.92 Å². The molecule has 0 bridgehead atoms. The van der Waals surface area contributed by atoms with E-state index in [2.05, 4.69) is 10.6 Å². The third-order valence-corrected chi connectivity index (χ3v) is 4.29. The third kappa shape index (κ3) is 3.48. The molecule has 1 heterocycles. The Morgan fingerprint density at radius 3 is 2.77 bits per heavy atom. The van der Waals surface area contributed by atoms with E-state index >= 15 is 0 Å². The molecule has 0 spiro atoms. The number of hydrogen-bond acceptors (Lipinski definition) is 3. The van der Waals surface area contributed by atoms with Crippen LogP contribution in [-0.4, -0.2) is 38.6 Å². The van der Waals surface area contributed by atoms with Crippen molar-refractivity contribution in [1.82, 2.24) is 10.6 Å². The Kier molecular flexibility index (Phi) is 3.49. The lowest BCUT2D eigenvalue weighted by atomic mass is 10.1. The van der Waals surface area contributed by atoms with Crippen LogP contribution in [0.25, 0.3) is 0 Å². The number of rotatable bonds is 2. The first kappa shape index (κ1) is 10.7. The minimum absolute atomic E-state index is 0.219. The minimum atomic E-state index is -2.75. The van der Waals surface area contributed by atoms with Crippen LogP contribution in [0, 0.1) is 5.92 Å². The van der Waals surface area contributed by atoms with Crippen molar-refractivity contribution in [2.75, 3.05) is 25.1 Å². The van der Waals surface area contributed by atoms with Gasteiger partial charge in [0.2, 0.25) is 0 Å². The summed E-state index contributed by atoms with van der Waals surface area (Å²) >= 11 is 4.88. The fraction of sp³-hybridized carbons (Fsp3) is 0.857. The fourth-order valence-corrected chi connectivity index (χ4v) is 3.30. The molecule has 0 aromatic rings. The second kappa shape index (κ2) is 4.23. The fourth-order valence-electron chi connectivity index (χ4n) is 1.36. The highest BCUT2D eigenvalue weighted by molar-refractivity contribution is 7.91. The van der Waals surface area contributed by atoms with Gasteiger partial charge in [0.25, 0.3) is 0 Å². The van der Waals surface area contributed by atoms with Gasteiger partial charge in [-0.15, -0.1) is 0 Å². The van der Waals surface area contributed by atoms with E-state index in [4.69, 9.17) is 12.2 Å². The van der Waals surface area contributed by atoms with E-state index in [1.807, 2.05) is 0 Å². The monoisotopic (exact) mass is 222 g/mol. The van der Waals surface area contributed by atoms with Crippen LogP contribution >= 0.6 is 12.2 Å². The van der Waals surface area contributed by atoms with Crippen molar-refractivity contribution in [3.63, 3.8) is 0 Å². The lowest BCUT2D eigenvalue weighted by Gasteiger charge is -2.10. The van der Waals surface area contributed by atoms with Crippen molar-refractivity contribution in [3.8, 4) is 0 Å². The van der Waals surface area contributed by atoms with Crippen LogP contribution in [-0.2, 0) is 9.84 Å². The van der Waals surface area contributed by atoms with Gasteiger partial charge < -0.3 is 10.6 Å². The first-order valence-corrected chi connectivity index (χ1v) is 6.42. The van der Waals surface area contributed by atoms with E-state index in [1.165, 1.54) is 0 Å². The van der Waals surface area contributed by atoms with Crippen molar-refractivity contribution in [3.05, 3.63) is 0 Å². The summed E-state index contributed by atoms with van der Waals surface area (Å²) in [7, 11) is -1.02. The zero-order chi connectivity index (χ0) is 9.90. The van der Waals surface area contributed by atoms with Gasteiger partial charge in [0.05, 0.1) is 11.5 Å². The number of nitrogens with one attached hydrogen (secondary N) is 2. The van der Waals surface area contributed by atoms with Crippen LogP contribution in [0.15, 0.2) is 0 Å². The zero-order valence-electron chi connectivity index (χ0n) is 7.54. The standard InChI is InChI=1S/C7H14N2O2S2/c1-8-7(12)9-4-6-2-3-13(10,11)5-6/h6H,2-5H2,1H3,(H2,8,9,12)/t6-/m0/s1. The summed E-state index contributed by atoms with van der Waals surface area (Å²) < 4.78 is 22.2. The highest BCUT2D eigenvalue weighted by Gasteiger charge is 2.27. The highest BCUT2D eigenvalue weighted by atomic mass is 32.2. The molecule has 13 heavy (non-hydrogen) atoms. The average Bonchev–Trinajstić information content (AvgIpc) is 2.41. The average molecular weight is 222 g/mol. The van der Waals surface area contributed by atoms with Crippen LogP contribution in [0.5, 0.6) is 0 Å². The first-order chi connectivity index (χ1) is 6.03. The maximum atomic E-state index is 11.1. The number of thiocarbonyl (C=S) groups is 1. The smallest absolute Gasteiger partial charge is 0.166 e. The van der Waals surface area contributed by atoms with Gasteiger partial charge in [-0.2, -0.15) is 0 Å². The first-order valence-electron chi connectivity index (χ1n) is 4.19. The molecule has 0 aromatic heterocycles. The molecule has 0 radical (unpaired) electrons. The van der Waals surface area contributed by atoms with Crippen LogP contribution in [0.4, 0.5) is 0 Å². The molecule has 4 nitrogen and oxygen atoms in total. The summed E-state index contributed by atoms with van der Waals surface area (Å²) in [5, 5.41) is 6.32. The van der Waals surface area contributed by atoms with Crippen LogP contribution < -0.4 is 10.6 Å². The Bertz CT molecular complexity index is 287. The molecule has 1 saturated heterocycles. The lowest BCUT2D eigenvalue weighted by molar-refractivity contribution is 0.571. The van der Waals surface area contributed by atoms with Gasteiger partial charge in [-0.25, -0.2) is 8.42 Å². The molecule has 0 aromatic carbocycles. The summed E-state index contributed by atoms with van der Waals surface area (Å²) in [6.07, 6.45) is 0.752. The van der Waals surface area contributed by atoms with E-state index in [-0.39, 0.29) is 5.92 Å². The Morgan fingerprint density at radius 2 is 2.31 bits per heavy atom. The molecule has 1 aliphatic heterocycles. The molecule has 0 amide bonds. The minimum Gasteiger partial charge on any atom is -0.366 e. The second-order valence-electron chi connectivity index (χ2n) is 3.23. The Morgan fingerprint density at radius 1 is 1.62 bits per heavy atom. The Hall–Kier alpha value is -0.360. The summed E-state index contributed by atoms with van der Waals surface area (Å²) in [4.78, 5) is 0. The molecular formula is C7H14N2O2S2. The van der Waals surface area contributed by atoms with E-state index in [0.717, 1.165) is 6.42 Å². The molecule has 0 aliphatic carbocycles. The normalized spacial score (nSPS) is 25.5. The molecule has 1 rings (SSSR count). The Labute approximate surface area is 84.0 Å². The van der Waals surface area contributed by atoms with Gasteiger partial charge in [0.15, 0.2) is 14.9 Å². The summed E-state index contributed by atoms with van der Waals surface area (Å²) in [6, 6.07) is 0. The van der Waals surface area contributed by atoms with Crippen molar-refractivity contribution >= 4 is 27.2 Å². The van der Waals surface area contributed by atoms with E-state index in [0.29, 0.717) is 23.2 Å². The van der Waals surface area contributed by atoms with Crippen LogP contribution in [0.1, 0.15) is 6.42 Å². The highest BCUT2D eigenvalue weighted by Crippen LogP contribution is 2.17. The molecule has 0 unspecified atom stereocenters. The molecule has 1 atom stereocenters. The molecule has 0 saturated carbocycles. The third-order valence-electron chi connectivity index (χ3n) is 2.11. The molecule has 76 valence electrons. The molecule has 2 N–H and O–H groups in total. The number of hydrogen-bond donors (Lipinski definition) is 2. The van der Waals surface area contributed by atoms with Gasteiger partial charge in [-0.05, 0) is 24.6 Å². The lowest BCUT2D eigenvalue weighted by Crippen LogP contribution is -2.36. The number of sulfone groups is 1. The van der Waals surface area contributed by atoms with E-state index < -0.39 is 9.84 Å². The van der Waals surface area contributed by atoms with Gasteiger partial charge in [-0.1, -0.05) is 0 Å². The second-order valence-corrected chi connectivity index (χ2v) is 5.87. The molecule has 1 fully saturated rings. The summed E-state index contributed by atoms with van der Waals surface area (Å²) in [5.41, 5.74) is 0. The molecule has 6 heteroatoms. The van der Waals surface area contributed by atoms with Gasteiger partial charge in [0.1, 0.15) is 0 Å². The summed E-state index contributed by atoms with van der Waals surface area (Å²) in [5.74, 6) is 0.842. The van der Waals surface area contributed by atoms with Gasteiger partial charge in [-0.3, -0.25) is 0 Å². The molecule has 1 aliphatic rings. The van der Waals surface area contributed by atoms with E-state index in [9.17, 15) is 8.42 Å².